The number of anilines is 1. The lowest BCUT2D eigenvalue weighted by Gasteiger charge is -2.09. The highest BCUT2D eigenvalue weighted by Gasteiger charge is 2.11. The highest BCUT2D eigenvalue weighted by molar-refractivity contribution is 5.90. The highest BCUT2D eigenvalue weighted by atomic mass is 16.2. The van der Waals surface area contributed by atoms with Crippen LogP contribution in [-0.2, 0) is 11.3 Å². The Balaban J connectivity index is 1.54. The first kappa shape index (κ1) is 19.6. The SMILES string of the molecule is Cc1ccc(-c2cc3c(=O)n(CC(=O)Nc4ccc(C(C)C)cc4)ccn3n2)cc1. The second-order valence-corrected chi connectivity index (χ2v) is 7.78. The van der Waals surface area contributed by atoms with Crippen LogP contribution >= 0.6 is 0 Å². The number of fused-ring (bicyclic) bond motifs is 1. The van der Waals surface area contributed by atoms with E-state index in [4.69, 9.17) is 0 Å². The average Bonchev–Trinajstić information content (AvgIpc) is 3.16. The number of nitrogens with zero attached hydrogens (tertiary/aromatic N) is 3. The Labute approximate surface area is 174 Å². The van der Waals surface area contributed by atoms with Crippen molar-refractivity contribution in [3.63, 3.8) is 0 Å². The quantitative estimate of drug-likeness (QED) is 0.545. The molecule has 1 N–H and O–H groups in total. The smallest absolute Gasteiger partial charge is 0.277 e. The summed E-state index contributed by atoms with van der Waals surface area (Å²) in [5.74, 6) is 0.178. The highest BCUT2D eigenvalue weighted by Crippen LogP contribution is 2.19. The van der Waals surface area contributed by atoms with E-state index < -0.39 is 0 Å². The second-order valence-electron chi connectivity index (χ2n) is 7.78. The maximum Gasteiger partial charge on any atom is 0.277 e. The zero-order valence-electron chi connectivity index (χ0n) is 17.3. The molecule has 0 aliphatic heterocycles. The van der Waals surface area contributed by atoms with Gasteiger partial charge in [0.1, 0.15) is 12.1 Å². The summed E-state index contributed by atoms with van der Waals surface area (Å²) in [6, 6.07) is 17.5. The molecule has 0 saturated carbocycles. The molecule has 152 valence electrons. The molecular weight excluding hydrogens is 376 g/mol. The number of benzene rings is 2. The van der Waals surface area contributed by atoms with Crippen molar-refractivity contribution in [2.75, 3.05) is 5.32 Å². The molecule has 6 nitrogen and oxygen atoms in total. The standard InChI is InChI=1S/C24H24N4O2/c1-16(2)18-8-10-20(11-9-18)25-23(29)15-27-12-13-28-22(24(27)30)14-21(26-28)19-6-4-17(3)5-7-19/h4-14,16H,15H2,1-3H3,(H,25,29). The fourth-order valence-corrected chi connectivity index (χ4v) is 3.32. The number of hydrogen-bond donors (Lipinski definition) is 1. The molecule has 0 bridgehead atoms. The Hall–Kier alpha value is -3.67. The van der Waals surface area contributed by atoms with Crippen molar-refractivity contribution >= 4 is 17.1 Å². The number of aromatic nitrogens is 3. The van der Waals surface area contributed by atoms with Gasteiger partial charge in [0.15, 0.2) is 0 Å². The number of hydrogen-bond acceptors (Lipinski definition) is 3. The summed E-state index contributed by atoms with van der Waals surface area (Å²) in [6.07, 6.45) is 3.28. The first-order valence-electron chi connectivity index (χ1n) is 9.96. The van der Waals surface area contributed by atoms with Gasteiger partial charge in [-0.3, -0.25) is 9.59 Å². The van der Waals surface area contributed by atoms with Crippen molar-refractivity contribution < 1.29 is 4.79 Å². The molecule has 2 aromatic heterocycles. The minimum atomic E-state index is -0.256. The van der Waals surface area contributed by atoms with Crippen LogP contribution in [0.2, 0.25) is 0 Å². The number of amides is 1. The van der Waals surface area contributed by atoms with E-state index in [2.05, 4.69) is 24.3 Å². The number of carbonyl (C=O) groups is 1. The third-order valence-electron chi connectivity index (χ3n) is 5.13. The average molecular weight is 400 g/mol. The fourth-order valence-electron chi connectivity index (χ4n) is 3.32. The second kappa shape index (κ2) is 7.99. The van der Waals surface area contributed by atoms with Crippen molar-refractivity contribution in [2.45, 2.75) is 33.2 Å². The van der Waals surface area contributed by atoms with Gasteiger partial charge in [-0.15, -0.1) is 0 Å². The maximum atomic E-state index is 12.9. The Morgan fingerprint density at radius 3 is 2.40 bits per heavy atom. The van der Waals surface area contributed by atoms with Gasteiger partial charge in [-0.05, 0) is 36.6 Å². The minimum Gasteiger partial charge on any atom is -0.325 e. The van der Waals surface area contributed by atoms with Gasteiger partial charge in [-0.25, -0.2) is 4.52 Å². The zero-order valence-corrected chi connectivity index (χ0v) is 17.3. The number of rotatable bonds is 5. The van der Waals surface area contributed by atoms with Gasteiger partial charge in [0, 0.05) is 23.6 Å². The maximum absolute atomic E-state index is 12.9. The monoisotopic (exact) mass is 400 g/mol. The van der Waals surface area contributed by atoms with Crippen molar-refractivity contribution in [1.82, 2.24) is 14.2 Å². The predicted octanol–water partition coefficient (Wildman–Crippen LogP) is 4.23. The molecule has 0 spiro atoms. The molecule has 4 rings (SSSR count). The van der Waals surface area contributed by atoms with Crippen LogP contribution in [0.3, 0.4) is 0 Å². The van der Waals surface area contributed by atoms with Gasteiger partial charge in [-0.2, -0.15) is 5.10 Å². The zero-order chi connectivity index (χ0) is 21.3. The molecule has 0 unspecified atom stereocenters. The van der Waals surface area contributed by atoms with E-state index in [1.165, 1.54) is 10.1 Å². The molecule has 1 amide bonds. The summed E-state index contributed by atoms with van der Waals surface area (Å²) in [4.78, 5) is 25.3. The van der Waals surface area contributed by atoms with Crippen LogP contribution in [-0.4, -0.2) is 20.1 Å². The van der Waals surface area contributed by atoms with Crippen LogP contribution in [0.4, 0.5) is 5.69 Å². The van der Waals surface area contributed by atoms with Crippen LogP contribution in [0, 0.1) is 6.92 Å². The van der Waals surface area contributed by atoms with E-state index >= 15 is 0 Å². The summed E-state index contributed by atoms with van der Waals surface area (Å²) >= 11 is 0. The van der Waals surface area contributed by atoms with Gasteiger partial charge in [0.05, 0.1) is 5.69 Å². The molecule has 0 radical (unpaired) electrons. The Morgan fingerprint density at radius 2 is 1.73 bits per heavy atom. The van der Waals surface area contributed by atoms with Crippen LogP contribution in [0.25, 0.3) is 16.8 Å². The normalized spacial score (nSPS) is 11.2. The van der Waals surface area contributed by atoms with Crippen molar-refractivity contribution in [2.24, 2.45) is 0 Å². The Morgan fingerprint density at radius 1 is 1.03 bits per heavy atom. The van der Waals surface area contributed by atoms with E-state index in [1.54, 1.807) is 23.0 Å². The Kier molecular flexibility index (Phi) is 5.23. The van der Waals surface area contributed by atoms with Crippen LogP contribution in [0.15, 0.2) is 71.8 Å². The number of carbonyl (C=O) groups excluding carboxylic acids is 1. The van der Waals surface area contributed by atoms with Crippen LogP contribution in [0.1, 0.15) is 30.9 Å². The minimum absolute atomic E-state index is 0.0632. The molecular formula is C24H24N4O2. The summed E-state index contributed by atoms with van der Waals surface area (Å²) in [5, 5.41) is 7.33. The fraction of sp³-hybridized carbons (Fsp3) is 0.208. The van der Waals surface area contributed by atoms with E-state index in [-0.39, 0.29) is 18.0 Å². The van der Waals surface area contributed by atoms with Crippen molar-refractivity contribution in [3.05, 3.63) is 88.5 Å². The molecule has 0 aliphatic rings. The molecule has 30 heavy (non-hydrogen) atoms. The largest absolute Gasteiger partial charge is 0.325 e. The molecule has 0 aliphatic carbocycles. The summed E-state index contributed by atoms with van der Waals surface area (Å²) < 4.78 is 2.95. The topological polar surface area (TPSA) is 68.4 Å². The van der Waals surface area contributed by atoms with Crippen LogP contribution in [0.5, 0.6) is 0 Å². The summed E-state index contributed by atoms with van der Waals surface area (Å²) in [5.41, 5.74) is 4.92. The third kappa shape index (κ3) is 4.03. The molecule has 0 fully saturated rings. The van der Waals surface area contributed by atoms with Gasteiger partial charge in [-0.1, -0.05) is 55.8 Å². The van der Waals surface area contributed by atoms with Gasteiger partial charge >= 0.3 is 0 Å². The lowest BCUT2D eigenvalue weighted by Crippen LogP contribution is -2.28. The van der Waals surface area contributed by atoms with Crippen molar-refractivity contribution in [1.29, 1.82) is 0 Å². The molecule has 2 heterocycles. The van der Waals surface area contributed by atoms with Gasteiger partial charge in [0.2, 0.25) is 5.91 Å². The third-order valence-corrected chi connectivity index (χ3v) is 5.13. The lowest BCUT2D eigenvalue weighted by atomic mass is 10.0. The van der Waals surface area contributed by atoms with E-state index in [9.17, 15) is 9.59 Å². The van der Waals surface area contributed by atoms with E-state index in [0.717, 1.165) is 16.8 Å². The van der Waals surface area contributed by atoms with E-state index in [1.807, 2.05) is 55.5 Å². The molecule has 2 aromatic carbocycles. The van der Waals surface area contributed by atoms with E-state index in [0.29, 0.717) is 17.1 Å². The molecule has 0 atom stereocenters. The lowest BCUT2D eigenvalue weighted by molar-refractivity contribution is -0.116. The number of nitrogens with one attached hydrogen (secondary N) is 1. The molecule has 6 heteroatoms. The summed E-state index contributed by atoms with van der Waals surface area (Å²) in [6.45, 7) is 6.20. The van der Waals surface area contributed by atoms with Crippen molar-refractivity contribution in [3.8, 4) is 11.3 Å². The molecule has 0 saturated heterocycles. The first-order chi connectivity index (χ1) is 14.4. The summed E-state index contributed by atoms with van der Waals surface area (Å²) in [7, 11) is 0. The Bertz CT molecular complexity index is 1250. The van der Waals surface area contributed by atoms with Gasteiger partial charge < -0.3 is 9.88 Å². The van der Waals surface area contributed by atoms with Gasteiger partial charge in [0.25, 0.3) is 5.56 Å². The predicted molar refractivity (Wildman–Crippen MR) is 119 cm³/mol. The van der Waals surface area contributed by atoms with Crippen LogP contribution < -0.4 is 10.9 Å². The molecule has 4 aromatic rings. The first-order valence-corrected chi connectivity index (χ1v) is 9.96. The number of aryl methyl sites for hydroxylation is 1.